The normalized spacial score (nSPS) is 13.1. The van der Waals surface area contributed by atoms with Gasteiger partial charge in [0.1, 0.15) is 0 Å². The fourth-order valence-electron chi connectivity index (χ4n) is 1.44. The van der Waals surface area contributed by atoms with Crippen molar-refractivity contribution < 1.29 is 5.48 Å². The highest BCUT2D eigenvalue weighted by Gasteiger charge is 2.03. The second-order valence-corrected chi connectivity index (χ2v) is 4.11. The Morgan fingerprint density at radius 1 is 1.33 bits per heavy atom. The topological polar surface area (TPSA) is 39.7 Å². The predicted octanol–water partition coefficient (Wildman–Crippen LogP) is 2.82. The van der Waals surface area contributed by atoms with Gasteiger partial charge in [-0.15, -0.1) is 0 Å². The molecule has 2 nitrogen and oxygen atoms in total. The number of hydrogen-bond donors (Lipinski definition) is 1. The monoisotopic (exact) mass is 267 g/mol. The highest BCUT2D eigenvalue weighted by atomic mass is 79.9. The first-order chi connectivity index (χ1) is 7.19. The van der Waals surface area contributed by atoms with E-state index < -0.39 is 0 Å². The molecule has 80 valence electrons. The lowest BCUT2D eigenvalue weighted by molar-refractivity contribution is -0.515. The van der Waals surface area contributed by atoms with Gasteiger partial charge in [-0.2, -0.15) is 0 Å². The molecule has 2 N–H and O–H groups in total. The Labute approximate surface area is 98.4 Å². The van der Waals surface area contributed by atoms with Gasteiger partial charge in [0, 0.05) is 10.0 Å². The molecular weight excluding hydrogens is 254 g/mol. The van der Waals surface area contributed by atoms with E-state index in [9.17, 15) is 5.21 Å². The summed E-state index contributed by atoms with van der Waals surface area (Å²) in [6.07, 6.45) is 3.59. The smallest absolute Gasteiger partial charge is 0.0961 e. The van der Waals surface area contributed by atoms with Gasteiger partial charge in [0.05, 0.1) is 6.20 Å². The van der Waals surface area contributed by atoms with Crippen molar-refractivity contribution in [1.29, 1.82) is 0 Å². The summed E-state index contributed by atoms with van der Waals surface area (Å²) in [6, 6.07) is 8.04. The predicted molar refractivity (Wildman–Crippen MR) is 66.8 cm³/mol. The summed E-state index contributed by atoms with van der Waals surface area (Å²) < 4.78 is 1.05. The average molecular weight is 268 g/mol. The molecule has 15 heavy (non-hydrogen) atoms. The summed E-state index contributed by atoms with van der Waals surface area (Å²) in [7, 11) is 0. The van der Waals surface area contributed by atoms with Gasteiger partial charge in [-0.05, 0) is 37.1 Å². The lowest BCUT2D eigenvalue weighted by atomic mass is 10.00. The van der Waals surface area contributed by atoms with E-state index in [1.54, 1.807) is 6.20 Å². The molecule has 0 aliphatic rings. The standard InChI is InChI=1S/C12H14BrNO/c1-3-12(9(2)8-14-15)10-4-6-11(13)7-5-10/h3-8H,14H2,1-2H3/b9-8-,12-3+. The van der Waals surface area contributed by atoms with E-state index in [1.807, 2.05) is 44.2 Å². The van der Waals surface area contributed by atoms with Crippen molar-refractivity contribution in [3.05, 3.63) is 57.4 Å². The fourth-order valence-corrected chi connectivity index (χ4v) is 1.71. The molecule has 0 aliphatic carbocycles. The van der Waals surface area contributed by atoms with Gasteiger partial charge in [0.2, 0.25) is 0 Å². The third kappa shape index (κ3) is 3.30. The number of hydrogen-bond acceptors (Lipinski definition) is 1. The summed E-state index contributed by atoms with van der Waals surface area (Å²) >= 11 is 3.39. The van der Waals surface area contributed by atoms with Crippen LogP contribution in [-0.2, 0) is 0 Å². The van der Waals surface area contributed by atoms with E-state index in [0.29, 0.717) is 0 Å². The van der Waals surface area contributed by atoms with Crippen LogP contribution in [0, 0.1) is 5.21 Å². The number of nitrogens with two attached hydrogens (primary N) is 1. The van der Waals surface area contributed by atoms with Gasteiger partial charge in [-0.25, -0.2) is 0 Å². The highest BCUT2D eigenvalue weighted by Crippen LogP contribution is 2.23. The zero-order chi connectivity index (χ0) is 11.3. The number of halogens is 1. The van der Waals surface area contributed by atoms with Crippen molar-refractivity contribution in [2.45, 2.75) is 13.8 Å². The molecule has 0 fully saturated rings. The minimum Gasteiger partial charge on any atom is -0.631 e. The summed E-state index contributed by atoms with van der Waals surface area (Å²) in [5.74, 6) is 0. The molecule has 0 heterocycles. The van der Waals surface area contributed by atoms with Crippen molar-refractivity contribution in [1.82, 2.24) is 0 Å². The Morgan fingerprint density at radius 2 is 1.93 bits per heavy atom. The Balaban J connectivity index is 3.04. The SMILES string of the molecule is C/C=C(\C(C)=C/[NH2+][O-])c1ccc(Br)cc1. The first-order valence-electron chi connectivity index (χ1n) is 4.73. The van der Waals surface area contributed by atoms with E-state index in [0.717, 1.165) is 26.7 Å². The lowest BCUT2D eigenvalue weighted by Crippen LogP contribution is -2.70. The van der Waals surface area contributed by atoms with Crippen LogP contribution in [-0.4, -0.2) is 0 Å². The van der Waals surface area contributed by atoms with E-state index in [2.05, 4.69) is 15.9 Å². The second kappa shape index (κ2) is 5.85. The maximum atomic E-state index is 10.4. The number of allylic oxidation sites excluding steroid dienone is 3. The number of rotatable bonds is 3. The van der Waals surface area contributed by atoms with E-state index >= 15 is 0 Å². The van der Waals surface area contributed by atoms with Crippen molar-refractivity contribution in [3.8, 4) is 0 Å². The van der Waals surface area contributed by atoms with Crippen molar-refractivity contribution in [3.63, 3.8) is 0 Å². The third-order valence-electron chi connectivity index (χ3n) is 2.19. The summed E-state index contributed by atoms with van der Waals surface area (Å²) in [6.45, 7) is 3.91. The molecule has 0 radical (unpaired) electrons. The first kappa shape index (κ1) is 12.2. The summed E-state index contributed by atoms with van der Waals surface area (Å²) in [5, 5.41) is 10.4. The molecule has 0 aliphatic heterocycles. The Bertz CT molecular complexity index is 379. The van der Waals surface area contributed by atoms with Gasteiger partial charge < -0.3 is 10.7 Å². The second-order valence-electron chi connectivity index (χ2n) is 3.20. The van der Waals surface area contributed by atoms with Crippen LogP contribution in [0.1, 0.15) is 19.4 Å². The molecule has 0 aromatic heterocycles. The molecule has 3 heteroatoms. The van der Waals surface area contributed by atoms with Gasteiger partial charge in [-0.1, -0.05) is 34.1 Å². The number of quaternary nitrogens is 1. The summed E-state index contributed by atoms with van der Waals surface area (Å²) in [5.41, 5.74) is 4.01. The average Bonchev–Trinajstić information content (AvgIpc) is 2.22. The fraction of sp³-hybridized carbons (Fsp3) is 0.167. The molecule has 0 unspecified atom stereocenters. The van der Waals surface area contributed by atoms with Crippen LogP contribution in [0.2, 0.25) is 0 Å². The van der Waals surface area contributed by atoms with Crippen molar-refractivity contribution in [2.75, 3.05) is 0 Å². The zero-order valence-electron chi connectivity index (χ0n) is 8.83. The number of benzene rings is 1. The number of hydroxylamine groups is 1. The largest absolute Gasteiger partial charge is 0.631 e. The molecule has 1 aromatic carbocycles. The van der Waals surface area contributed by atoms with Crippen LogP contribution in [0.25, 0.3) is 5.57 Å². The quantitative estimate of drug-likeness (QED) is 0.664. The maximum Gasteiger partial charge on any atom is 0.0961 e. The van der Waals surface area contributed by atoms with Crippen LogP contribution >= 0.6 is 15.9 Å². The Hall–Kier alpha value is -0.900. The minimum absolute atomic E-state index is 0.817. The van der Waals surface area contributed by atoms with Crippen molar-refractivity contribution >= 4 is 21.5 Å². The molecule has 0 saturated heterocycles. The maximum absolute atomic E-state index is 10.4. The third-order valence-corrected chi connectivity index (χ3v) is 2.72. The highest BCUT2D eigenvalue weighted by molar-refractivity contribution is 9.10. The minimum atomic E-state index is 0.817. The molecule has 0 bridgehead atoms. The van der Waals surface area contributed by atoms with Crippen LogP contribution in [0.5, 0.6) is 0 Å². The molecule has 1 rings (SSSR count). The first-order valence-corrected chi connectivity index (χ1v) is 5.53. The molecule has 0 atom stereocenters. The molecule has 0 saturated carbocycles. The van der Waals surface area contributed by atoms with Crippen LogP contribution in [0.3, 0.4) is 0 Å². The lowest BCUT2D eigenvalue weighted by Gasteiger charge is -2.07. The van der Waals surface area contributed by atoms with Gasteiger partial charge in [-0.3, -0.25) is 0 Å². The van der Waals surface area contributed by atoms with E-state index in [4.69, 9.17) is 0 Å². The van der Waals surface area contributed by atoms with Crippen LogP contribution in [0.4, 0.5) is 0 Å². The molecule has 1 aromatic rings. The van der Waals surface area contributed by atoms with Crippen LogP contribution < -0.4 is 5.48 Å². The van der Waals surface area contributed by atoms with Crippen molar-refractivity contribution in [2.24, 2.45) is 0 Å². The van der Waals surface area contributed by atoms with Gasteiger partial charge in [0.15, 0.2) is 0 Å². The molecule has 0 spiro atoms. The Morgan fingerprint density at radius 3 is 2.40 bits per heavy atom. The van der Waals surface area contributed by atoms with Gasteiger partial charge >= 0.3 is 0 Å². The zero-order valence-corrected chi connectivity index (χ0v) is 10.4. The van der Waals surface area contributed by atoms with Gasteiger partial charge in [0.25, 0.3) is 0 Å². The molecular formula is C12H14BrNO. The van der Waals surface area contributed by atoms with Crippen LogP contribution in [0.15, 0.2) is 46.6 Å². The van der Waals surface area contributed by atoms with E-state index in [1.165, 1.54) is 0 Å². The summed E-state index contributed by atoms with van der Waals surface area (Å²) in [4.78, 5) is 0. The Kier molecular flexibility index (Phi) is 4.75. The van der Waals surface area contributed by atoms with E-state index in [-0.39, 0.29) is 0 Å². The molecule has 0 amide bonds.